The molecular weight excluding hydrogens is 512 g/mol. The maximum atomic E-state index is 13.7. The van der Waals surface area contributed by atoms with Gasteiger partial charge in [0, 0.05) is 37.7 Å². The number of carbonyl (C=O) groups excluding carboxylic acids is 2. The van der Waals surface area contributed by atoms with E-state index in [0.29, 0.717) is 41.7 Å². The van der Waals surface area contributed by atoms with Crippen molar-refractivity contribution in [2.24, 2.45) is 0 Å². The number of hydrogen-bond acceptors (Lipinski definition) is 6. The second-order valence-electron chi connectivity index (χ2n) is 9.04. The number of aliphatic hydroxyl groups excluding tert-OH is 1. The summed E-state index contributed by atoms with van der Waals surface area (Å²) in [5.41, 5.74) is 2.82. The summed E-state index contributed by atoms with van der Waals surface area (Å²) in [4.78, 5) is 25.2. The van der Waals surface area contributed by atoms with E-state index in [1.54, 1.807) is 11.1 Å². The first-order valence-electron chi connectivity index (χ1n) is 11.7. The molecule has 0 aromatic heterocycles. The van der Waals surface area contributed by atoms with Gasteiger partial charge in [-0.15, -0.1) is 0 Å². The number of benzene rings is 2. The van der Waals surface area contributed by atoms with Crippen molar-refractivity contribution in [3.8, 4) is 0 Å². The Balaban J connectivity index is 1.16. The predicted molar refractivity (Wildman–Crippen MR) is 134 cm³/mol. The Morgan fingerprint density at radius 1 is 1.17 bits per heavy atom. The van der Waals surface area contributed by atoms with E-state index < -0.39 is 18.0 Å². The zero-order valence-electron chi connectivity index (χ0n) is 19.3. The minimum Gasteiger partial charge on any atom is -0.389 e. The van der Waals surface area contributed by atoms with Gasteiger partial charge in [0.05, 0.1) is 46.3 Å². The van der Waals surface area contributed by atoms with Gasteiger partial charge in [0.2, 0.25) is 0 Å². The van der Waals surface area contributed by atoms with E-state index >= 15 is 0 Å². The maximum absolute atomic E-state index is 13.7. The molecule has 2 aromatic carbocycles. The van der Waals surface area contributed by atoms with Crippen molar-refractivity contribution in [1.82, 2.24) is 15.6 Å². The molecule has 3 amide bonds. The van der Waals surface area contributed by atoms with Crippen molar-refractivity contribution in [2.75, 3.05) is 36.6 Å². The Morgan fingerprint density at radius 2 is 2.00 bits per heavy atom. The van der Waals surface area contributed by atoms with Gasteiger partial charge in [0.15, 0.2) is 0 Å². The van der Waals surface area contributed by atoms with Crippen molar-refractivity contribution in [3.63, 3.8) is 0 Å². The molecule has 4 N–H and O–H groups in total. The van der Waals surface area contributed by atoms with Crippen LogP contribution in [0.2, 0.25) is 10.0 Å². The third-order valence-electron chi connectivity index (χ3n) is 6.62. The average Bonchev–Trinajstić information content (AvgIpc) is 3.35. The highest BCUT2D eigenvalue weighted by atomic mass is 35.5. The van der Waals surface area contributed by atoms with Gasteiger partial charge in [-0.2, -0.15) is 0 Å². The van der Waals surface area contributed by atoms with Crippen molar-refractivity contribution in [1.29, 1.82) is 0 Å². The number of hydrazine groups is 1. The number of amides is 3. The summed E-state index contributed by atoms with van der Waals surface area (Å²) >= 11 is 12.7. The zero-order valence-corrected chi connectivity index (χ0v) is 20.8. The summed E-state index contributed by atoms with van der Waals surface area (Å²) in [6.07, 6.45) is 0.576. The molecule has 192 valence electrons. The van der Waals surface area contributed by atoms with Crippen LogP contribution in [-0.2, 0) is 16.1 Å². The fourth-order valence-electron chi connectivity index (χ4n) is 4.84. The second-order valence-corrected chi connectivity index (χ2v) is 9.86. The van der Waals surface area contributed by atoms with Gasteiger partial charge in [-0.05, 0) is 36.2 Å². The molecule has 0 aliphatic carbocycles. The minimum absolute atomic E-state index is 0.107. The maximum Gasteiger partial charge on any atom is 0.315 e. The third kappa shape index (κ3) is 5.04. The smallest absolute Gasteiger partial charge is 0.315 e. The first-order chi connectivity index (χ1) is 17.3. The van der Waals surface area contributed by atoms with Crippen LogP contribution in [0.5, 0.6) is 0 Å². The molecule has 2 aromatic rings. The van der Waals surface area contributed by atoms with Crippen LogP contribution in [0, 0.1) is 5.82 Å². The number of halogens is 3. The van der Waals surface area contributed by atoms with E-state index in [0.717, 1.165) is 16.8 Å². The first-order valence-corrected chi connectivity index (χ1v) is 12.5. The van der Waals surface area contributed by atoms with Crippen molar-refractivity contribution in [3.05, 3.63) is 57.3 Å². The molecule has 3 atom stereocenters. The van der Waals surface area contributed by atoms with Crippen LogP contribution in [0.3, 0.4) is 0 Å². The Morgan fingerprint density at radius 3 is 2.83 bits per heavy atom. The summed E-state index contributed by atoms with van der Waals surface area (Å²) in [7, 11) is 0. The number of urea groups is 1. The van der Waals surface area contributed by atoms with Crippen molar-refractivity contribution >= 4 is 46.5 Å². The van der Waals surface area contributed by atoms with E-state index in [-0.39, 0.29) is 37.7 Å². The largest absolute Gasteiger partial charge is 0.389 e. The quantitative estimate of drug-likeness (QED) is 0.466. The number of rotatable bonds is 5. The molecule has 5 rings (SSSR count). The Hall–Kier alpha value is -2.79. The van der Waals surface area contributed by atoms with E-state index in [1.165, 1.54) is 23.2 Å². The molecular formula is C24H26Cl2FN5O4. The number of carbonyl (C=O) groups is 2. The van der Waals surface area contributed by atoms with E-state index in [1.807, 2.05) is 6.07 Å². The fourth-order valence-corrected chi connectivity index (χ4v) is 5.35. The predicted octanol–water partition coefficient (Wildman–Crippen LogP) is 3.20. The highest BCUT2D eigenvalue weighted by Gasteiger charge is 2.37. The zero-order chi connectivity index (χ0) is 25.4. The normalized spacial score (nSPS) is 22.6. The summed E-state index contributed by atoms with van der Waals surface area (Å²) in [6, 6.07) is 7.04. The fraction of sp³-hybridized carbons (Fsp3) is 0.417. The second kappa shape index (κ2) is 10.3. The molecule has 0 radical (unpaired) electrons. The van der Waals surface area contributed by atoms with Gasteiger partial charge in [-0.25, -0.2) is 9.18 Å². The molecule has 0 unspecified atom stereocenters. The van der Waals surface area contributed by atoms with Crippen LogP contribution < -0.4 is 21.0 Å². The molecule has 3 heterocycles. The summed E-state index contributed by atoms with van der Waals surface area (Å²) < 4.78 is 19.5. The monoisotopic (exact) mass is 537 g/mol. The highest BCUT2D eigenvalue weighted by Crippen LogP contribution is 2.43. The van der Waals surface area contributed by atoms with Crippen molar-refractivity contribution in [2.45, 2.75) is 37.6 Å². The third-order valence-corrected chi connectivity index (χ3v) is 7.23. The number of nitrogens with one attached hydrogen (secondary N) is 3. The number of anilines is 2. The lowest BCUT2D eigenvalue weighted by molar-refractivity contribution is -0.129. The molecule has 3 aliphatic heterocycles. The van der Waals surface area contributed by atoms with Gasteiger partial charge in [-0.1, -0.05) is 23.2 Å². The molecule has 3 aliphatic rings. The first kappa shape index (κ1) is 24.9. The highest BCUT2D eigenvalue weighted by molar-refractivity contribution is 6.33. The minimum atomic E-state index is -0.586. The van der Waals surface area contributed by atoms with Gasteiger partial charge < -0.3 is 25.8 Å². The van der Waals surface area contributed by atoms with Crippen LogP contribution >= 0.6 is 23.2 Å². The van der Waals surface area contributed by atoms with E-state index in [4.69, 9.17) is 27.9 Å². The van der Waals surface area contributed by atoms with Gasteiger partial charge >= 0.3 is 6.03 Å². The molecule has 2 fully saturated rings. The topological polar surface area (TPSA) is 106 Å². The molecule has 0 spiro atoms. The van der Waals surface area contributed by atoms with Gasteiger partial charge in [0.25, 0.3) is 5.91 Å². The van der Waals surface area contributed by atoms with E-state index in [2.05, 4.69) is 16.0 Å². The number of nitrogens with zero attached hydrogens (tertiary/aromatic N) is 2. The van der Waals surface area contributed by atoms with Crippen LogP contribution in [0.1, 0.15) is 30.1 Å². The van der Waals surface area contributed by atoms with E-state index in [9.17, 15) is 19.1 Å². The standard InChI is InChI=1S/C24H26Cl2FN5O4/c25-16-3-2-14(27)8-19(16)31-4-1-5-32(31)22(34)11-29-24(35)28-10-13-6-15-21-9-18(20(33)12-36-21)30-23(15)17(26)7-13/h2-3,6-8,18,20-21,30,33H,1,4-5,9-12H2,(H2,28,29,35)/t18-,20-,21-/m1/s1. The lowest BCUT2D eigenvalue weighted by atomic mass is 9.89. The number of fused-ring (bicyclic) bond motifs is 4. The molecule has 2 bridgehead atoms. The Kier molecular flexibility index (Phi) is 7.11. The summed E-state index contributed by atoms with van der Waals surface area (Å²) in [6.45, 7) is 1.17. The molecule has 12 heteroatoms. The van der Waals surface area contributed by atoms with Crippen molar-refractivity contribution < 1.29 is 23.8 Å². The van der Waals surface area contributed by atoms with Crippen LogP contribution in [0.25, 0.3) is 0 Å². The molecule has 2 saturated heterocycles. The SMILES string of the molecule is O=C(NCC(=O)N1CCCN1c1cc(F)ccc1Cl)NCc1cc(Cl)c2c(c1)[C@H]1C[C@@H](N2)[C@H](O)CO1. The molecule has 0 saturated carbocycles. The van der Waals surface area contributed by atoms with Crippen LogP contribution in [0.15, 0.2) is 30.3 Å². The Labute approximate surface area is 217 Å². The lowest BCUT2D eigenvalue weighted by Gasteiger charge is -2.40. The molecule has 36 heavy (non-hydrogen) atoms. The summed E-state index contributed by atoms with van der Waals surface area (Å²) in [5.74, 6) is -0.784. The summed E-state index contributed by atoms with van der Waals surface area (Å²) in [5, 5.41) is 22.6. The van der Waals surface area contributed by atoms with Gasteiger partial charge in [-0.3, -0.25) is 14.8 Å². The Bertz CT molecular complexity index is 1190. The number of hydrogen-bond donors (Lipinski definition) is 4. The molecule has 9 nitrogen and oxygen atoms in total. The van der Waals surface area contributed by atoms with Crippen LogP contribution in [-0.4, -0.2) is 60.4 Å². The number of aliphatic hydroxyl groups is 1. The van der Waals surface area contributed by atoms with Crippen LogP contribution in [0.4, 0.5) is 20.6 Å². The number of ether oxygens (including phenoxy) is 1. The average molecular weight is 538 g/mol. The van der Waals surface area contributed by atoms with Gasteiger partial charge in [0.1, 0.15) is 12.4 Å². The lowest BCUT2D eigenvalue weighted by Crippen LogP contribution is -2.48.